The van der Waals surface area contributed by atoms with E-state index < -0.39 is 0 Å². The minimum atomic E-state index is -0.300. The van der Waals surface area contributed by atoms with E-state index in [0.29, 0.717) is 16.4 Å². The molecule has 0 aliphatic heterocycles. The Hall–Kier alpha value is -1.59. The lowest BCUT2D eigenvalue weighted by Gasteiger charge is -2.12. The second-order valence-electron chi connectivity index (χ2n) is 4.00. The number of benzene rings is 1. The predicted molar refractivity (Wildman–Crippen MR) is 72.6 cm³/mol. The summed E-state index contributed by atoms with van der Waals surface area (Å²) in [4.78, 5) is 22.6. The van der Waals surface area contributed by atoms with Crippen molar-refractivity contribution in [2.45, 2.75) is 13.8 Å². The Balaban J connectivity index is 2.87. The van der Waals surface area contributed by atoms with Gasteiger partial charge in [-0.2, -0.15) is 0 Å². The van der Waals surface area contributed by atoms with Crippen LogP contribution in [0.3, 0.4) is 0 Å². The van der Waals surface area contributed by atoms with Gasteiger partial charge < -0.3 is 16.4 Å². The second-order valence-corrected chi connectivity index (χ2v) is 4.41. The highest BCUT2D eigenvalue weighted by molar-refractivity contribution is 6.33. The van der Waals surface area contributed by atoms with Crippen LogP contribution in [0.1, 0.15) is 13.8 Å². The van der Waals surface area contributed by atoms with Crippen LogP contribution >= 0.6 is 11.6 Å². The maximum absolute atomic E-state index is 11.7. The van der Waals surface area contributed by atoms with Gasteiger partial charge in [-0.3, -0.25) is 9.59 Å². The monoisotopic (exact) mass is 269 g/mol. The lowest BCUT2D eigenvalue weighted by Crippen LogP contribution is -2.26. The zero-order valence-corrected chi connectivity index (χ0v) is 11.0. The molecule has 18 heavy (non-hydrogen) atoms. The van der Waals surface area contributed by atoms with Gasteiger partial charge in [0.1, 0.15) is 0 Å². The Morgan fingerprint density at radius 3 is 2.61 bits per heavy atom. The fraction of sp³-hybridized carbons (Fsp3) is 0.333. The van der Waals surface area contributed by atoms with Crippen LogP contribution in [0.25, 0.3) is 0 Å². The summed E-state index contributed by atoms with van der Waals surface area (Å²) < 4.78 is 0. The van der Waals surface area contributed by atoms with E-state index in [-0.39, 0.29) is 24.3 Å². The minimum Gasteiger partial charge on any atom is -0.330 e. The summed E-state index contributed by atoms with van der Waals surface area (Å²) in [6.07, 6.45) is 0. The lowest BCUT2D eigenvalue weighted by atomic mass is 10.1. The summed E-state index contributed by atoms with van der Waals surface area (Å²) in [7, 11) is 0. The Bertz CT molecular complexity index is 463. The van der Waals surface area contributed by atoms with E-state index in [1.54, 1.807) is 25.1 Å². The highest BCUT2D eigenvalue weighted by atomic mass is 35.5. The summed E-state index contributed by atoms with van der Waals surface area (Å²) in [5.41, 5.74) is 6.43. The van der Waals surface area contributed by atoms with E-state index in [1.807, 2.05) is 0 Å². The number of hydrogen-bond donors (Lipinski definition) is 3. The second kappa shape index (κ2) is 6.37. The van der Waals surface area contributed by atoms with Gasteiger partial charge in [-0.05, 0) is 18.2 Å². The summed E-state index contributed by atoms with van der Waals surface area (Å²) in [6.45, 7) is 3.39. The van der Waals surface area contributed by atoms with Crippen molar-refractivity contribution in [3.63, 3.8) is 0 Å². The number of rotatable bonds is 4. The van der Waals surface area contributed by atoms with Gasteiger partial charge in [-0.15, -0.1) is 0 Å². The van der Waals surface area contributed by atoms with Crippen LogP contribution in [0.5, 0.6) is 0 Å². The molecule has 1 atom stereocenters. The quantitative estimate of drug-likeness (QED) is 0.780. The molecule has 0 bridgehead atoms. The van der Waals surface area contributed by atoms with Crippen LogP contribution in [0, 0.1) is 5.92 Å². The summed E-state index contributed by atoms with van der Waals surface area (Å²) in [6, 6.07) is 4.87. The van der Waals surface area contributed by atoms with E-state index in [2.05, 4.69) is 10.6 Å². The third-order valence-corrected chi connectivity index (χ3v) is 2.68. The number of carbonyl (C=O) groups excluding carboxylic acids is 2. The zero-order valence-electron chi connectivity index (χ0n) is 10.3. The molecule has 0 saturated carbocycles. The fourth-order valence-electron chi connectivity index (χ4n) is 1.27. The van der Waals surface area contributed by atoms with Crippen molar-refractivity contribution in [2.24, 2.45) is 11.7 Å². The first-order valence-corrected chi connectivity index (χ1v) is 5.90. The number of carbonyl (C=O) groups is 2. The smallest absolute Gasteiger partial charge is 0.228 e. The molecule has 2 amide bonds. The molecule has 1 unspecified atom stereocenters. The zero-order chi connectivity index (χ0) is 13.7. The molecular weight excluding hydrogens is 254 g/mol. The lowest BCUT2D eigenvalue weighted by molar-refractivity contribution is -0.119. The molecule has 98 valence electrons. The van der Waals surface area contributed by atoms with Gasteiger partial charge in [0.2, 0.25) is 11.8 Å². The normalized spacial score (nSPS) is 11.8. The third kappa shape index (κ3) is 4.01. The first-order chi connectivity index (χ1) is 8.43. The van der Waals surface area contributed by atoms with Crippen LogP contribution < -0.4 is 16.4 Å². The minimum absolute atomic E-state index is 0.190. The molecule has 0 aliphatic rings. The highest BCUT2D eigenvalue weighted by Gasteiger charge is 2.13. The highest BCUT2D eigenvalue weighted by Crippen LogP contribution is 2.25. The Kier molecular flexibility index (Phi) is 5.12. The number of hydrogen-bond acceptors (Lipinski definition) is 3. The molecule has 0 fully saturated rings. The molecule has 6 heteroatoms. The summed E-state index contributed by atoms with van der Waals surface area (Å²) in [5.74, 6) is -0.699. The molecular formula is C12H16ClN3O2. The Morgan fingerprint density at radius 1 is 1.39 bits per heavy atom. The van der Waals surface area contributed by atoms with Gasteiger partial charge in [0.05, 0.1) is 10.7 Å². The third-order valence-electron chi connectivity index (χ3n) is 2.35. The van der Waals surface area contributed by atoms with E-state index in [9.17, 15) is 9.59 Å². The predicted octanol–water partition coefficient (Wildman–Crippen LogP) is 1.83. The van der Waals surface area contributed by atoms with E-state index in [4.69, 9.17) is 17.3 Å². The van der Waals surface area contributed by atoms with Crippen molar-refractivity contribution in [1.82, 2.24) is 0 Å². The molecule has 1 aromatic carbocycles. The molecule has 0 radical (unpaired) electrons. The van der Waals surface area contributed by atoms with Gasteiger partial charge in [-0.25, -0.2) is 0 Å². The first kappa shape index (κ1) is 14.5. The molecule has 0 heterocycles. The molecule has 0 aliphatic carbocycles. The maximum Gasteiger partial charge on any atom is 0.228 e. The van der Waals surface area contributed by atoms with Gasteiger partial charge in [0.15, 0.2) is 0 Å². The molecule has 1 rings (SSSR count). The van der Waals surface area contributed by atoms with Crippen LogP contribution in [-0.4, -0.2) is 18.4 Å². The SMILES string of the molecule is CC(=O)Nc1ccc(Cl)c(NC(=O)C(C)CN)c1. The Labute approximate surface area is 111 Å². The molecule has 1 aromatic rings. The van der Waals surface area contributed by atoms with E-state index in [1.165, 1.54) is 6.92 Å². The first-order valence-electron chi connectivity index (χ1n) is 5.52. The van der Waals surface area contributed by atoms with Crippen LogP contribution in [-0.2, 0) is 9.59 Å². The molecule has 4 N–H and O–H groups in total. The van der Waals surface area contributed by atoms with Gasteiger partial charge >= 0.3 is 0 Å². The molecule has 0 spiro atoms. The van der Waals surface area contributed by atoms with E-state index in [0.717, 1.165) is 0 Å². The van der Waals surface area contributed by atoms with Crippen LogP contribution in [0.2, 0.25) is 5.02 Å². The largest absolute Gasteiger partial charge is 0.330 e. The van der Waals surface area contributed by atoms with Crippen molar-refractivity contribution < 1.29 is 9.59 Å². The number of nitrogens with one attached hydrogen (secondary N) is 2. The van der Waals surface area contributed by atoms with Gasteiger partial charge in [0, 0.05) is 25.1 Å². The average molecular weight is 270 g/mol. The van der Waals surface area contributed by atoms with Crippen molar-refractivity contribution in [3.05, 3.63) is 23.2 Å². The van der Waals surface area contributed by atoms with Crippen molar-refractivity contribution in [2.75, 3.05) is 17.2 Å². The molecule has 0 aromatic heterocycles. The number of halogens is 1. The Morgan fingerprint density at radius 2 is 2.06 bits per heavy atom. The number of nitrogens with two attached hydrogens (primary N) is 1. The maximum atomic E-state index is 11.7. The standard InChI is InChI=1S/C12H16ClN3O2/c1-7(6-14)12(18)16-11-5-9(15-8(2)17)3-4-10(11)13/h3-5,7H,6,14H2,1-2H3,(H,15,17)(H,16,18). The average Bonchev–Trinajstić information content (AvgIpc) is 2.31. The molecule has 0 saturated heterocycles. The van der Waals surface area contributed by atoms with Crippen LogP contribution in [0.15, 0.2) is 18.2 Å². The van der Waals surface area contributed by atoms with Crippen molar-refractivity contribution >= 4 is 34.8 Å². The topological polar surface area (TPSA) is 84.2 Å². The van der Waals surface area contributed by atoms with Gasteiger partial charge in [-0.1, -0.05) is 18.5 Å². The summed E-state index contributed by atoms with van der Waals surface area (Å²) >= 11 is 5.97. The van der Waals surface area contributed by atoms with E-state index >= 15 is 0 Å². The van der Waals surface area contributed by atoms with Crippen molar-refractivity contribution in [3.8, 4) is 0 Å². The number of amides is 2. The van der Waals surface area contributed by atoms with Crippen molar-refractivity contribution in [1.29, 1.82) is 0 Å². The fourth-order valence-corrected chi connectivity index (χ4v) is 1.43. The van der Waals surface area contributed by atoms with Gasteiger partial charge in [0.25, 0.3) is 0 Å². The molecule has 5 nitrogen and oxygen atoms in total. The summed E-state index contributed by atoms with van der Waals surface area (Å²) in [5, 5.41) is 5.69. The van der Waals surface area contributed by atoms with Crippen LogP contribution in [0.4, 0.5) is 11.4 Å². The number of anilines is 2.